The van der Waals surface area contributed by atoms with E-state index < -0.39 is 0 Å². The maximum Gasteiger partial charge on any atom is 0.165 e. The second-order valence-corrected chi connectivity index (χ2v) is 8.01. The maximum absolute atomic E-state index is 6.17. The monoisotopic (exact) mass is 465 g/mol. The quantitative estimate of drug-likeness (QED) is 0.329. The zero-order chi connectivity index (χ0) is 21.3. The summed E-state index contributed by atoms with van der Waals surface area (Å²) >= 11 is 3.47. The lowest BCUT2D eigenvalue weighted by Crippen LogP contribution is -2.05. The predicted octanol–water partition coefficient (Wildman–Crippen LogP) is 6.94. The SMILES string of the molecule is C=CCc1cc(CNc2ccc(CC)cc2)cc(OC)c1OCc1ccc(Br)cc1. The number of rotatable bonds is 10. The Labute approximate surface area is 187 Å². The summed E-state index contributed by atoms with van der Waals surface area (Å²) in [5.41, 5.74) is 5.75. The molecule has 0 bridgehead atoms. The molecule has 0 saturated heterocycles. The van der Waals surface area contributed by atoms with Crippen LogP contribution < -0.4 is 14.8 Å². The van der Waals surface area contributed by atoms with E-state index in [2.05, 4.69) is 65.1 Å². The van der Waals surface area contributed by atoms with Crippen LogP contribution in [-0.4, -0.2) is 7.11 Å². The van der Waals surface area contributed by atoms with Gasteiger partial charge in [0.1, 0.15) is 6.61 Å². The summed E-state index contributed by atoms with van der Waals surface area (Å²) < 4.78 is 12.9. The van der Waals surface area contributed by atoms with E-state index in [0.29, 0.717) is 19.6 Å². The van der Waals surface area contributed by atoms with Crippen LogP contribution in [0.4, 0.5) is 5.69 Å². The van der Waals surface area contributed by atoms with Crippen LogP contribution in [0, 0.1) is 0 Å². The number of ether oxygens (including phenoxy) is 2. The first-order chi connectivity index (χ1) is 14.6. The standard InChI is InChI=1S/C26H28BrNO2/c1-4-6-22-15-21(17-28-24-13-9-19(5-2)10-14-24)16-25(29-3)26(22)30-18-20-7-11-23(27)12-8-20/h4,7-16,28H,1,5-6,17-18H2,2-3H3. The normalized spacial score (nSPS) is 10.5. The minimum Gasteiger partial charge on any atom is -0.493 e. The Bertz CT molecular complexity index is 966. The fourth-order valence-corrected chi connectivity index (χ4v) is 3.51. The summed E-state index contributed by atoms with van der Waals surface area (Å²) in [6.07, 6.45) is 3.65. The molecule has 1 N–H and O–H groups in total. The number of hydrogen-bond acceptors (Lipinski definition) is 3. The maximum atomic E-state index is 6.17. The third-order valence-corrected chi connectivity index (χ3v) is 5.46. The van der Waals surface area contributed by atoms with Crippen molar-refractivity contribution in [2.75, 3.05) is 12.4 Å². The van der Waals surface area contributed by atoms with E-state index in [1.54, 1.807) is 7.11 Å². The largest absolute Gasteiger partial charge is 0.493 e. The zero-order valence-corrected chi connectivity index (χ0v) is 19.2. The highest BCUT2D eigenvalue weighted by atomic mass is 79.9. The van der Waals surface area contributed by atoms with Crippen LogP contribution in [0.5, 0.6) is 11.5 Å². The smallest absolute Gasteiger partial charge is 0.165 e. The van der Waals surface area contributed by atoms with Crippen LogP contribution >= 0.6 is 15.9 Å². The van der Waals surface area contributed by atoms with Crippen LogP contribution in [0.3, 0.4) is 0 Å². The molecule has 0 heterocycles. The molecule has 0 atom stereocenters. The molecule has 0 amide bonds. The molecular formula is C26H28BrNO2. The molecule has 156 valence electrons. The van der Waals surface area contributed by atoms with E-state index in [4.69, 9.17) is 9.47 Å². The van der Waals surface area contributed by atoms with Crippen molar-refractivity contribution in [1.29, 1.82) is 0 Å². The molecular weight excluding hydrogens is 438 g/mol. The van der Waals surface area contributed by atoms with Gasteiger partial charge in [-0.05, 0) is 65.9 Å². The summed E-state index contributed by atoms with van der Waals surface area (Å²) in [5.74, 6) is 1.51. The molecule has 0 aliphatic carbocycles. The molecule has 3 rings (SSSR count). The second-order valence-electron chi connectivity index (χ2n) is 7.10. The van der Waals surface area contributed by atoms with Crippen LogP contribution in [0.2, 0.25) is 0 Å². The molecule has 30 heavy (non-hydrogen) atoms. The molecule has 4 heteroatoms. The van der Waals surface area contributed by atoms with Crippen molar-refractivity contribution < 1.29 is 9.47 Å². The highest BCUT2D eigenvalue weighted by Crippen LogP contribution is 2.34. The highest BCUT2D eigenvalue weighted by molar-refractivity contribution is 9.10. The van der Waals surface area contributed by atoms with Gasteiger partial charge < -0.3 is 14.8 Å². The van der Waals surface area contributed by atoms with E-state index in [0.717, 1.165) is 44.8 Å². The van der Waals surface area contributed by atoms with Gasteiger partial charge in [0, 0.05) is 22.3 Å². The summed E-state index contributed by atoms with van der Waals surface area (Å²) in [6.45, 7) is 7.25. The van der Waals surface area contributed by atoms with Crippen molar-refractivity contribution in [2.24, 2.45) is 0 Å². The van der Waals surface area contributed by atoms with Crippen molar-refractivity contribution in [3.8, 4) is 11.5 Å². The summed E-state index contributed by atoms with van der Waals surface area (Å²) in [6, 6.07) is 20.9. The van der Waals surface area contributed by atoms with Gasteiger partial charge in [0.05, 0.1) is 7.11 Å². The molecule has 0 fully saturated rings. The molecule has 0 unspecified atom stereocenters. The van der Waals surface area contributed by atoms with Crippen LogP contribution in [-0.2, 0) is 26.0 Å². The molecule has 0 saturated carbocycles. The first-order valence-corrected chi connectivity index (χ1v) is 10.9. The highest BCUT2D eigenvalue weighted by Gasteiger charge is 2.13. The van der Waals surface area contributed by atoms with Gasteiger partial charge in [-0.1, -0.05) is 53.2 Å². The third-order valence-electron chi connectivity index (χ3n) is 4.93. The summed E-state index contributed by atoms with van der Waals surface area (Å²) in [5, 5.41) is 3.49. The Morgan fingerprint density at radius 3 is 2.30 bits per heavy atom. The molecule has 0 spiro atoms. The van der Waals surface area contributed by atoms with Gasteiger partial charge in [-0.3, -0.25) is 0 Å². The van der Waals surface area contributed by atoms with E-state index in [9.17, 15) is 0 Å². The lowest BCUT2D eigenvalue weighted by molar-refractivity contribution is 0.281. The minimum atomic E-state index is 0.481. The molecule has 0 aliphatic rings. The first-order valence-electron chi connectivity index (χ1n) is 10.1. The number of allylic oxidation sites excluding steroid dienone is 1. The van der Waals surface area contributed by atoms with Gasteiger partial charge in [0.15, 0.2) is 11.5 Å². The number of halogens is 1. The van der Waals surface area contributed by atoms with Crippen molar-refractivity contribution in [3.05, 3.63) is 100 Å². The molecule has 3 nitrogen and oxygen atoms in total. The van der Waals surface area contributed by atoms with Gasteiger partial charge in [-0.2, -0.15) is 0 Å². The average molecular weight is 466 g/mol. The second kappa shape index (κ2) is 10.9. The molecule has 3 aromatic carbocycles. The topological polar surface area (TPSA) is 30.5 Å². The van der Waals surface area contributed by atoms with Gasteiger partial charge >= 0.3 is 0 Å². The number of nitrogens with one attached hydrogen (secondary N) is 1. The molecule has 3 aromatic rings. The van der Waals surface area contributed by atoms with E-state index in [1.165, 1.54) is 5.56 Å². The summed E-state index contributed by atoms with van der Waals surface area (Å²) in [4.78, 5) is 0. The van der Waals surface area contributed by atoms with Crippen molar-refractivity contribution in [2.45, 2.75) is 32.9 Å². The van der Waals surface area contributed by atoms with Gasteiger partial charge in [0.2, 0.25) is 0 Å². The van der Waals surface area contributed by atoms with Gasteiger partial charge in [-0.25, -0.2) is 0 Å². The fraction of sp³-hybridized carbons (Fsp3) is 0.231. The molecule has 0 radical (unpaired) electrons. The average Bonchev–Trinajstić information content (AvgIpc) is 2.78. The fourth-order valence-electron chi connectivity index (χ4n) is 3.25. The number of benzene rings is 3. The Hall–Kier alpha value is -2.72. The summed E-state index contributed by atoms with van der Waals surface area (Å²) in [7, 11) is 1.68. The Morgan fingerprint density at radius 2 is 1.67 bits per heavy atom. The Balaban J connectivity index is 1.77. The number of aryl methyl sites for hydroxylation is 1. The van der Waals surface area contributed by atoms with Crippen molar-refractivity contribution >= 4 is 21.6 Å². The Kier molecular flexibility index (Phi) is 7.97. The van der Waals surface area contributed by atoms with Crippen molar-refractivity contribution in [1.82, 2.24) is 0 Å². The number of anilines is 1. The lowest BCUT2D eigenvalue weighted by atomic mass is 10.0. The zero-order valence-electron chi connectivity index (χ0n) is 17.6. The number of methoxy groups -OCH3 is 1. The number of hydrogen-bond donors (Lipinski definition) is 1. The van der Waals surface area contributed by atoms with Crippen molar-refractivity contribution in [3.63, 3.8) is 0 Å². The van der Waals surface area contributed by atoms with Crippen LogP contribution in [0.1, 0.15) is 29.2 Å². The van der Waals surface area contributed by atoms with Crippen LogP contribution in [0.15, 0.2) is 77.8 Å². The van der Waals surface area contributed by atoms with Crippen LogP contribution in [0.25, 0.3) is 0 Å². The van der Waals surface area contributed by atoms with E-state index in [1.807, 2.05) is 36.4 Å². The lowest BCUT2D eigenvalue weighted by Gasteiger charge is -2.17. The molecule has 0 aromatic heterocycles. The Morgan fingerprint density at radius 1 is 0.967 bits per heavy atom. The van der Waals surface area contributed by atoms with Gasteiger partial charge in [0.25, 0.3) is 0 Å². The van der Waals surface area contributed by atoms with E-state index >= 15 is 0 Å². The van der Waals surface area contributed by atoms with E-state index in [-0.39, 0.29) is 0 Å². The first kappa shape index (κ1) is 22.0. The molecule has 0 aliphatic heterocycles. The predicted molar refractivity (Wildman–Crippen MR) is 129 cm³/mol. The van der Waals surface area contributed by atoms with Gasteiger partial charge in [-0.15, -0.1) is 6.58 Å². The minimum absolute atomic E-state index is 0.481. The third kappa shape index (κ3) is 5.90.